The van der Waals surface area contributed by atoms with Crippen LogP contribution in [0.2, 0.25) is 0 Å². The molecule has 1 rings (SSSR count). The second-order valence-corrected chi connectivity index (χ2v) is 5.65. The standard InChI is InChI=1S/C11H15IO/c1-9(12)3-6-11(2)7-4-10(13)5-8-11/h3-4,7H,5-6,8H2,1-2H3. The highest BCUT2D eigenvalue weighted by molar-refractivity contribution is 14.1. The van der Waals surface area contributed by atoms with Gasteiger partial charge in [0, 0.05) is 6.42 Å². The van der Waals surface area contributed by atoms with Crippen molar-refractivity contribution in [1.29, 1.82) is 0 Å². The summed E-state index contributed by atoms with van der Waals surface area (Å²) in [4.78, 5) is 11.0. The molecule has 0 aliphatic heterocycles. The van der Waals surface area contributed by atoms with E-state index in [-0.39, 0.29) is 11.2 Å². The van der Waals surface area contributed by atoms with E-state index in [1.807, 2.05) is 0 Å². The van der Waals surface area contributed by atoms with Crippen molar-refractivity contribution in [1.82, 2.24) is 0 Å². The molecule has 1 nitrogen and oxygen atoms in total. The van der Waals surface area contributed by atoms with Crippen LogP contribution in [0.5, 0.6) is 0 Å². The quantitative estimate of drug-likeness (QED) is 0.710. The van der Waals surface area contributed by atoms with Gasteiger partial charge in [0.15, 0.2) is 5.78 Å². The molecule has 0 bridgehead atoms. The molecule has 1 atom stereocenters. The fourth-order valence-electron chi connectivity index (χ4n) is 1.41. The Morgan fingerprint density at radius 1 is 1.77 bits per heavy atom. The van der Waals surface area contributed by atoms with Crippen LogP contribution in [0.15, 0.2) is 21.8 Å². The van der Waals surface area contributed by atoms with Crippen LogP contribution in [0.1, 0.15) is 33.1 Å². The second kappa shape index (κ2) is 4.40. The summed E-state index contributed by atoms with van der Waals surface area (Å²) in [5, 5.41) is 0. The zero-order valence-corrected chi connectivity index (χ0v) is 10.3. The smallest absolute Gasteiger partial charge is 0.155 e. The van der Waals surface area contributed by atoms with Gasteiger partial charge in [-0.05, 0) is 57.4 Å². The summed E-state index contributed by atoms with van der Waals surface area (Å²) in [5.74, 6) is 0.271. The summed E-state index contributed by atoms with van der Waals surface area (Å²) in [6.45, 7) is 4.31. The van der Waals surface area contributed by atoms with Gasteiger partial charge in [0.05, 0.1) is 0 Å². The van der Waals surface area contributed by atoms with Gasteiger partial charge in [-0.25, -0.2) is 0 Å². The van der Waals surface area contributed by atoms with Crippen molar-refractivity contribution in [2.75, 3.05) is 0 Å². The summed E-state index contributed by atoms with van der Waals surface area (Å²) in [6, 6.07) is 0. The second-order valence-electron chi connectivity index (χ2n) is 3.95. The normalized spacial score (nSPS) is 29.5. The number of hydrogen-bond donors (Lipinski definition) is 0. The van der Waals surface area contributed by atoms with E-state index in [2.05, 4.69) is 48.6 Å². The van der Waals surface area contributed by atoms with E-state index >= 15 is 0 Å². The average molecular weight is 290 g/mol. The maximum absolute atomic E-state index is 11.0. The van der Waals surface area contributed by atoms with Gasteiger partial charge in [-0.15, -0.1) is 0 Å². The van der Waals surface area contributed by atoms with E-state index in [9.17, 15) is 4.79 Å². The molecule has 72 valence electrons. The maximum atomic E-state index is 11.0. The Balaban J connectivity index is 2.62. The minimum absolute atomic E-state index is 0.209. The molecule has 0 radical (unpaired) electrons. The highest BCUT2D eigenvalue weighted by Gasteiger charge is 2.23. The van der Waals surface area contributed by atoms with Crippen molar-refractivity contribution in [3.63, 3.8) is 0 Å². The summed E-state index contributed by atoms with van der Waals surface area (Å²) in [7, 11) is 0. The Morgan fingerprint density at radius 2 is 2.46 bits per heavy atom. The molecule has 0 aromatic rings. The lowest BCUT2D eigenvalue weighted by Crippen LogP contribution is -2.18. The monoisotopic (exact) mass is 290 g/mol. The lowest BCUT2D eigenvalue weighted by molar-refractivity contribution is -0.115. The minimum atomic E-state index is 0.209. The lowest BCUT2D eigenvalue weighted by Gasteiger charge is -2.26. The van der Waals surface area contributed by atoms with E-state index in [0.717, 1.165) is 12.8 Å². The number of hydrogen-bond acceptors (Lipinski definition) is 1. The number of carbonyl (C=O) groups is 1. The van der Waals surface area contributed by atoms with Crippen LogP contribution in [0.25, 0.3) is 0 Å². The third-order valence-corrected chi connectivity index (χ3v) is 2.90. The maximum Gasteiger partial charge on any atom is 0.155 e. The molecule has 2 heteroatoms. The van der Waals surface area contributed by atoms with Crippen molar-refractivity contribution in [2.24, 2.45) is 5.41 Å². The van der Waals surface area contributed by atoms with Crippen molar-refractivity contribution in [2.45, 2.75) is 33.1 Å². The van der Waals surface area contributed by atoms with Gasteiger partial charge < -0.3 is 0 Å². The largest absolute Gasteiger partial charge is 0.295 e. The van der Waals surface area contributed by atoms with E-state index < -0.39 is 0 Å². The Kier molecular flexibility index (Phi) is 3.71. The number of rotatable bonds is 2. The van der Waals surface area contributed by atoms with Crippen molar-refractivity contribution < 1.29 is 4.79 Å². The van der Waals surface area contributed by atoms with Gasteiger partial charge in [0.2, 0.25) is 0 Å². The molecule has 1 aliphatic rings. The molecule has 1 unspecified atom stereocenters. The lowest BCUT2D eigenvalue weighted by atomic mass is 9.78. The third-order valence-electron chi connectivity index (χ3n) is 2.46. The molecule has 1 aliphatic carbocycles. The van der Waals surface area contributed by atoms with Crippen molar-refractivity contribution >= 4 is 28.4 Å². The molecule has 13 heavy (non-hydrogen) atoms. The SMILES string of the molecule is CC(I)=CCC1(C)C=CC(=O)CC1. The van der Waals surface area contributed by atoms with Crippen LogP contribution in [0.4, 0.5) is 0 Å². The molecule has 0 saturated heterocycles. The highest BCUT2D eigenvalue weighted by Crippen LogP contribution is 2.33. The Labute approximate surface area is 93.4 Å². The number of halogens is 1. The Bertz CT molecular complexity index is 261. The first-order chi connectivity index (χ1) is 6.02. The van der Waals surface area contributed by atoms with Crippen LogP contribution < -0.4 is 0 Å². The van der Waals surface area contributed by atoms with Crippen LogP contribution in [0.3, 0.4) is 0 Å². The molecule has 0 saturated carbocycles. The van der Waals surface area contributed by atoms with Gasteiger partial charge in [0.1, 0.15) is 0 Å². The van der Waals surface area contributed by atoms with E-state index in [1.54, 1.807) is 6.08 Å². The van der Waals surface area contributed by atoms with Crippen LogP contribution in [0, 0.1) is 5.41 Å². The predicted octanol–water partition coefficient (Wildman–Crippen LogP) is 3.64. The molecule has 0 heterocycles. The summed E-state index contributed by atoms with van der Waals surface area (Å²) < 4.78 is 1.32. The number of ketones is 1. The van der Waals surface area contributed by atoms with Gasteiger partial charge in [-0.3, -0.25) is 4.79 Å². The molecule has 0 aromatic heterocycles. The van der Waals surface area contributed by atoms with Gasteiger partial charge in [-0.2, -0.15) is 0 Å². The van der Waals surface area contributed by atoms with Crippen molar-refractivity contribution in [3.8, 4) is 0 Å². The number of carbonyl (C=O) groups excluding carboxylic acids is 1. The van der Waals surface area contributed by atoms with E-state index in [4.69, 9.17) is 0 Å². The van der Waals surface area contributed by atoms with Crippen LogP contribution >= 0.6 is 22.6 Å². The van der Waals surface area contributed by atoms with E-state index in [0.29, 0.717) is 6.42 Å². The van der Waals surface area contributed by atoms with E-state index in [1.165, 1.54) is 3.58 Å². The number of allylic oxidation sites excluding steroid dienone is 4. The fraction of sp³-hybridized carbons (Fsp3) is 0.545. The highest BCUT2D eigenvalue weighted by atomic mass is 127. The summed E-state index contributed by atoms with van der Waals surface area (Å²) in [5.41, 5.74) is 0.209. The zero-order valence-electron chi connectivity index (χ0n) is 8.14. The molecular weight excluding hydrogens is 275 g/mol. The molecule has 0 spiro atoms. The molecule has 0 fully saturated rings. The Morgan fingerprint density at radius 3 is 2.92 bits per heavy atom. The molecule has 0 N–H and O–H groups in total. The topological polar surface area (TPSA) is 17.1 Å². The first-order valence-electron chi connectivity index (χ1n) is 4.56. The molecule has 0 amide bonds. The molecular formula is C11H15IO. The predicted molar refractivity (Wildman–Crippen MR) is 63.9 cm³/mol. The molecule has 0 aromatic carbocycles. The van der Waals surface area contributed by atoms with Gasteiger partial charge >= 0.3 is 0 Å². The first-order valence-corrected chi connectivity index (χ1v) is 5.64. The fourth-order valence-corrected chi connectivity index (χ4v) is 1.63. The summed E-state index contributed by atoms with van der Waals surface area (Å²) >= 11 is 2.32. The van der Waals surface area contributed by atoms with Crippen molar-refractivity contribution in [3.05, 3.63) is 21.8 Å². The van der Waals surface area contributed by atoms with Gasteiger partial charge in [0.25, 0.3) is 0 Å². The summed E-state index contributed by atoms with van der Waals surface area (Å²) in [6.07, 6.45) is 8.78. The minimum Gasteiger partial charge on any atom is -0.295 e. The Hall–Kier alpha value is -0.120. The zero-order chi connectivity index (χ0) is 9.90. The van der Waals surface area contributed by atoms with Crippen LogP contribution in [-0.4, -0.2) is 5.78 Å². The van der Waals surface area contributed by atoms with Crippen LogP contribution in [-0.2, 0) is 4.79 Å². The third kappa shape index (κ3) is 3.63. The van der Waals surface area contributed by atoms with Gasteiger partial charge in [-0.1, -0.05) is 19.1 Å². The average Bonchev–Trinajstić information content (AvgIpc) is 2.08. The first kappa shape index (κ1) is 11.0.